The number of rotatable bonds is 11. The van der Waals surface area contributed by atoms with Crippen molar-refractivity contribution >= 4 is 12.2 Å². The highest BCUT2D eigenvalue weighted by atomic mass is 16.4. The lowest BCUT2D eigenvalue weighted by Gasteiger charge is -2.61. The Balaban J connectivity index is 1.33. The van der Waals surface area contributed by atoms with E-state index in [1.807, 2.05) is 0 Å². The van der Waals surface area contributed by atoms with Crippen molar-refractivity contribution in [2.45, 2.75) is 111 Å². The maximum absolute atomic E-state index is 11.2. The van der Waals surface area contributed by atoms with Gasteiger partial charge in [0, 0.05) is 19.2 Å². The van der Waals surface area contributed by atoms with E-state index in [-0.39, 0.29) is 0 Å². The summed E-state index contributed by atoms with van der Waals surface area (Å²) in [5.74, 6) is 4.92. The van der Waals surface area contributed by atoms with Crippen LogP contribution in [0.15, 0.2) is 4.99 Å². The summed E-state index contributed by atoms with van der Waals surface area (Å²) < 4.78 is 0. The van der Waals surface area contributed by atoms with Crippen LogP contribution in [0.2, 0.25) is 0 Å². The molecule has 9 atom stereocenters. The van der Waals surface area contributed by atoms with Crippen LogP contribution >= 0.6 is 0 Å². The van der Waals surface area contributed by atoms with Gasteiger partial charge in [-0.2, -0.15) is 0 Å². The zero-order valence-corrected chi connectivity index (χ0v) is 23.2. The number of nitrogens with one attached hydrogen (secondary N) is 1. The number of carbonyl (C=O) groups is 1. The second kappa shape index (κ2) is 11.7. The molecule has 2 N–H and O–H groups in total. The van der Waals surface area contributed by atoms with Gasteiger partial charge in [-0.25, -0.2) is 0 Å². The van der Waals surface area contributed by atoms with Crippen molar-refractivity contribution in [3.05, 3.63) is 0 Å². The molecule has 200 valence electrons. The van der Waals surface area contributed by atoms with E-state index < -0.39 is 5.97 Å². The lowest BCUT2D eigenvalue weighted by atomic mass is 9.44. The lowest BCUT2D eigenvalue weighted by molar-refractivity contribution is -0.137. The molecule has 4 saturated carbocycles. The first-order valence-corrected chi connectivity index (χ1v) is 15.2. The van der Waals surface area contributed by atoms with Crippen LogP contribution in [0.4, 0.5) is 0 Å². The molecular formula is C31H54N2O2. The van der Waals surface area contributed by atoms with Crippen LogP contribution in [0.25, 0.3) is 0 Å². The predicted octanol–water partition coefficient (Wildman–Crippen LogP) is 7.22. The van der Waals surface area contributed by atoms with E-state index in [0.717, 1.165) is 62.1 Å². The third-order valence-corrected chi connectivity index (χ3v) is 11.7. The molecule has 4 aliphatic rings. The largest absolute Gasteiger partial charge is 0.481 e. The molecule has 6 unspecified atom stereocenters. The van der Waals surface area contributed by atoms with E-state index in [9.17, 15) is 9.90 Å². The average Bonchev–Trinajstić information content (AvgIpc) is 3.19. The Hall–Kier alpha value is -0.900. The van der Waals surface area contributed by atoms with Crippen molar-refractivity contribution in [1.29, 1.82) is 0 Å². The lowest BCUT2D eigenvalue weighted by Crippen LogP contribution is -2.53. The molecule has 0 saturated heterocycles. The molecule has 0 aromatic carbocycles. The fourth-order valence-electron chi connectivity index (χ4n) is 9.77. The molecule has 35 heavy (non-hydrogen) atoms. The van der Waals surface area contributed by atoms with Crippen molar-refractivity contribution in [2.75, 3.05) is 19.6 Å². The van der Waals surface area contributed by atoms with E-state index >= 15 is 0 Å². The van der Waals surface area contributed by atoms with Crippen LogP contribution in [-0.4, -0.2) is 36.9 Å². The quantitative estimate of drug-likeness (QED) is 0.239. The molecule has 0 amide bonds. The molecule has 0 spiro atoms. The number of carboxylic acid groups (broad SMARTS) is 1. The first kappa shape index (κ1) is 27.1. The minimum absolute atomic E-state index is 0.338. The summed E-state index contributed by atoms with van der Waals surface area (Å²) in [5.41, 5.74) is 0.976. The predicted molar refractivity (Wildman–Crippen MR) is 146 cm³/mol. The Morgan fingerprint density at radius 3 is 2.60 bits per heavy atom. The number of nitrogens with zero attached hydrogens (tertiary/aromatic N) is 1. The van der Waals surface area contributed by atoms with Crippen LogP contribution in [0.5, 0.6) is 0 Å². The number of carboxylic acids is 1. The van der Waals surface area contributed by atoms with Gasteiger partial charge in [-0.15, -0.1) is 0 Å². The molecule has 0 aromatic rings. The summed E-state index contributed by atoms with van der Waals surface area (Å²) in [6.45, 7) is 13.0. The number of aliphatic carboxylic acids is 1. The molecule has 0 bridgehead atoms. The van der Waals surface area contributed by atoms with Crippen molar-refractivity contribution < 1.29 is 9.90 Å². The normalized spacial score (nSPS) is 41.8. The Morgan fingerprint density at radius 1 is 1.06 bits per heavy atom. The third kappa shape index (κ3) is 5.68. The molecule has 4 aliphatic carbocycles. The van der Waals surface area contributed by atoms with Crippen molar-refractivity contribution in [1.82, 2.24) is 5.32 Å². The average molecular weight is 487 g/mol. The standard InChI is InChI=1S/C31H54N2O2/c1-5-17-32-18-6-19-33-21-23-13-15-30(3)24(20-23)8-9-25-27-11-10-26(22(2)7-12-29(34)35)31(27,4)16-14-28(25)30/h21-28,32H,5-20H2,1-4H3,(H,34,35)/t22?,23?,24?,25?,26-,27?,28?,30+,31-/m1/s1. The number of aliphatic imine (C=N–C) groups is 1. The SMILES string of the molecule is CCCNCCCN=CC1CC[C@@]2(C)C(CCC3C2CC[C@@]2(C)C3CC[C@@H]2C(C)CCC(=O)O)C1. The Kier molecular flexibility index (Phi) is 9.04. The maximum atomic E-state index is 11.2. The van der Waals surface area contributed by atoms with E-state index in [1.165, 1.54) is 64.2 Å². The van der Waals surface area contributed by atoms with Gasteiger partial charge in [0.15, 0.2) is 0 Å². The summed E-state index contributed by atoms with van der Waals surface area (Å²) in [4.78, 5) is 16.0. The summed E-state index contributed by atoms with van der Waals surface area (Å²) in [7, 11) is 0. The van der Waals surface area contributed by atoms with Gasteiger partial charge in [-0.05, 0) is 142 Å². The van der Waals surface area contributed by atoms with Gasteiger partial charge < -0.3 is 10.4 Å². The summed E-state index contributed by atoms with van der Waals surface area (Å²) >= 11 is 0. The second-order valence-electron chi connectivity index (χ2n) is 13.5. The minimum atomic E-state index is -0.629. The highest BCUT2D eigenvalue weighted by Gasteiger charge is 2.60. The van der Waals surface area contributed by atoms with Gasteiger partial charge in [-0.1, -0.05) is 27.7 Å². The van der Waals surface area contributed by atoms with Crippen LogP contribution < -0.4 is 5.32 Å². The van der Waals surface area contributed by atoms with Crippen molar-refractivity contribution in [3.63, 3.8) is 0 Å². The molecule has 4 fully saturated rings. The molecule has 4 rings (SSSR count). The second-order valence-corrected chi connectivity index (χ2v) is 13.5. The summed E-state index contributed by atoms with van der Waals surface area (Å²) in [5, 5.41) is 12.7. The fourth-order valence-corrected chi connectivity index (χ4v) is 9.77. The van der Waals surface area contributed by atoms with Crippen LogP contribution in [0, 0.1) is 52.3 Å². The Morgan fingerprint density at radius 2 is 1.83 bits per heavy atom. The number of hydrogen-bond acceptors (Lipinski definition) is 3. The van der Waals surface area contributed by atoms with E-state index in [2.05, 4.69) is 39.2 Å². The molecule has 4 heteroatoms. The van der Waals surface area contributed by atoms with Gasteiger partial charge in [-0.3, -0.25) is 9.79 Å². The fraction of sp³-hybridized carbons (Fsp3) is 0.935. The van der Waals surface area contributed by atoms with Gasteiger partial charge in [0.25, 0.3) is 0 Å². The summed E-state index contributed by atoms with van der Waals surface area (Å²) in [6.07, 6.45) is 18.4. The third-order valence-electron chi connectivity index (χ3n) is 11.7. The van der Waals surface area contributed by atoms with E-state index in [1.54, 1.807) is 0 Å². The number of hydrogen-bond donors (Lipinski definition) is 2. The highest BCUT2D eigenvalue weighted by Crippen LogP contribution is 2.68. The highest BCUT2D eigenvalue weighted by molar-refractivity contribution is 5.66. The topological polar surface area (TPSA) is 61.7 Å². The minimum Gasteiger partial charge on any atom is -0.481 e. The zero-order valence-electron chi connectivity index (χ0n) is 23.2. The van der Waals surface area contributed by atoms with Gasteiger partial charge in [0.05, 0.1) is 0 Å². The summed E-state index contributed by atoms with van der Waals surface area (Å²) in [6, 6.07) is 0. The zero-order chi connectivity index (χ0) is 25.1. The first-order valence-electron chi connectivity index (χ1n) is 15.2. The monoisotopic (exact) mass is 486 g/mol. The smallest absolute Gasteiger partial charge is 0.303 e. The van der Waals surface area contributed by atoms with Gasteiger partial charge in [0.1, 0.15) is 0 Å². The van der Waals surface area contributed by atoms with Crippen LogP contribution in [-0.2, 0) is 4.79 Å². The molecule has 0 aromatic heterocycles. The molecule has 0 heterocycles. The van der Waals surface area contributed by atoms with Crippen LogP contribution in [0.3, 0.4) is 0 Å². The number of fused-ring (bicyclic) bond motifs is 5. The Bertz CT molecular complexity index is 737. The molecule has 0 radical (unpaired) electrons. The molecular weight excluding hydrogens is 432 g/mol. The van der Waals surface area contributed by atoms with Crippen molar-refractivity contribution in [2.24, 2.45) is 57.2 Å². The van der Waals surface area contributed by atoms with Gasteiger partial charge >= 0.3 is 5.97 Å². The van der Waals surface area contributed by atoms with Crippen LogP contribution in [0.1, 0.15) is 111 Å². The Labute approximate surface area is 215 Å². The maximum Gasteiger partial charge on any atom is 0.303 e. The van der Waals surface area contributed by atoms with Crippen molar-refractivity contribution in [3.8, 4) is 0 Å². The van der Waals surface area contributed by atoms with E-state index in [4.69, 9.17) is 4.99 Å². The first-order chi connectivity index (χ1) is 16.8. The molecule has 4 nitrogen and oxygen atoms in total. The van der Waals surface area contributed by atoms with Gasteiger partial charge in [0.2, 0.25) is 0 Å². The van der Waals surface area contributed by atoms with E-state index in [0.29, 0.717) is 29.1 Å². The molecule has 0 aliphatic heterocycles.